The standard InChI is InChI=1S/C17H19Cl2NO/c1-12(20-10-13-5-3-2-4-6-13)15(11-21)14-7-8-16(18)17(19)9-14/h2-9,12,15,20-21H,10-11H2,1H3. The second-order valence-electron chi connectivity index (χ2n) is 5.12. The molecule has 2 rings (SSSR count). The van der Waals surface area contributed by atoms with Crippen LogP contribution in [0.5, 0.6) is 0 Å². The van der Waals surface area contributed by atoms with Gasteiger partial charge in [-0.1, -0.05) is 59.6 Å². The van der Waals surface area contributed by atoms with E-state index in [1.54, 1.807) is 6.07 Å². The van der Waals surface area contributed by atoms with Crippen molar-refractivity contribution in [1.29, 1.82) is 0 Å². The van der Waals surface area contributed by atoms with Crippen LogP contribution in [-0.2, 0) is 6.54 Å². The van der Waals surface area contributed by atoms with Crippen LogP contribution in [-0.4, -0.2) is 17.8 Å². The zero-order chi connectivity index (χ0) is 15.2. The molecule has 0 radical (unpaired) electrons. The summed E-state index contributed by atoms with van der Waals surface area (Å²) < 4.78 is 0. The Morgan fingerprint density at radius 2 is 1.76 bits per heavy atom. The fourth-order valence-electron chi connectivity index (χ4n) is 2.31. The topological polar surface area (TPSA) is 32.3 Å². The van der Waals surface area contributed by atoms with Gasteiger partial charge in [-0.2, -0.15) is 0 Å². The average molecular weight is 324 g/mol. The minimum absolute atomic E-state index is 0.0246. The number of benzene rings is 2. The molecule has 2 unspecified atom stereocenters. The van der Waals surface area contributed by atoms with E-state index in [9.17, 15) is 5.11 Å². The molecule has 21 heavy (non-hydrogen) atoms. The number of halogens is 2. The summed E-state index contributed by atoms with van der Waals surface area (Å²) in [6.45, 7) is 2.88. The Morgan fingerprint density at radius 3 is 2.38 bits per heavy atom. The van der Waals surface area contributed by atoms with Crippen LogP contribution in [0.15, 0.2) is 48.5 Å². The molecule has 0 aliphatic carbocycles. The number of aliphatic hydroxyl groups is 1. The Kier molecular flexibility index (Phi) is 6.07. The summed E-state index contributed by atoms with van der Waals surface area (Å²) in [6, 6.07) is 15.8. The van der Waals surface area contributed by atoms with Crippen molar-refractivity contribution < 1.29 is 5.11 Å². The molecule has 2 aromatic rings. The third kappa shape index (κ3) is 4.45. The first-order valence-corrected chi connectivity index (χ1v) is 7.70. The molecular formula is C17H19Cl2NO. The van der Waals surface area contributed by atoms with Crippen LogP contribution >= 0.6 is 23.2 Å². The maximum Gasteiger partial charge on any atom is 0.0595 e. The summed E-state index contributed by atoms with van der Waals surface area (Å²) in [6.07, 6.45) is 0. The SMILES string of the molecule is CC(NCc1ccccc1)C(CO)c1ccc(Cl)c(Cl)c1. The summed E-state index contributed by atoms with van der Waals surface area (Å²) in [5.74, 6) is -0.0246. The van der Waals surface area contributed by atoms with E-state index >= 15 is 0 Å². The molecule has 0 amide bonds. The summed E-state index contributed by atoms with van der Waals surface area (Å²) in [5.41, 5.74) is 2.20. The molecule has 0 saturated heterocycles. The number of nitrogens with one attached hydrogen (secondary N) is 1. The zero-order valence-corrected chi connectivity index (χ0v) is 13.4. The lowest BCUT2D eigenvalue weighted by atomic mass is 9.93. The second-order valence-corrected chi connectivity index (χ2v) is 5.93. The Hall–Kier alpha value is -1.06. The van der Waals surface area contributed by atoms with Crippen molar-refractivity contribution in [2.75, 3.05) is 6.61 Å². The van der Waals surface area contributed by atoms with Crippen LogP contribution < -0.4 is 5.32 Å². The number of rotatable bonds is 6. The van der Waals surface area contributed by atoms with Crippen molar-refractivity contribution in [3.05, 3.63) is 69.7 Å². The van der Waals surface area contributed by atoms with Gasteiger partial charge in [0.2, 0.25) is 0 Å². The Bertz CT molecular complexity index is 574. The van der Waals surface area contributed by atoms with Crippen molar-refractivity contribution in [1.82, 2.24) is 5.32 Å². The smallest absolute Gasteiger partial charge is 0.0595 e. The third-order valence-corrected chi connectivity index (χ3v) is 4.38. The van der Waals surface area contributed by atoms with Crippen molar-refractivity contribution >= 4 is 23.2 Å². The molecule has 2 aromatic carbocycles. The summed E-state index contributed by atoms with van der Waals surface area (Å²) in [5, 5.41) is 14.2. The number of aliphatic hydroxyl groups excluding tert-OH is 1. The van der Waals surface area contributed by atoms with Gasteiger partial charge in [-0.25, -0.2) is 0 Å². The second kappa shape index (κ2) is 7.81. The Morgan fingerprint density at radius 1 is 1.05 bits per heavy atom. The van der Waals surface area contributed by atoms with Gasteiger partial charge in [0.25, 0.3) is 0 Å². The molecule has 0 aliphatic heterocycles. The molecule has 2 nitrogen and oxygen atoms in total. The summed E-state index contributed by atoms with van der Waals surface area (Å²) in [4.78, 5) is 0. The molecule has 112 valence electrons. The molecule has 0 aliphatic rings. The van der Waals surface area contributed by atoms with Crippen molar-refractivity contribution in [2.24, 2.45) is 0 Å². The first kappa shape index (κ1) is 16.3. The Labute approximate surface area is 135 Å². The van der Waals surface area contributed by atoms with Gasteiger partial charge in [0.05, 0.1) is 16.7 Å². The minimum atomic E-state index is -0.0246. The minimum Gasteiger partial charge on any atom is -0.396 e. The molecule has 0 aromatic heterocycles. The van der Waals surface area contributed by atoms with Gasteiger partial charge in [0.15, 0.2) is 0 Å². The van der Waals surface area contributed by atoms with Crippen LogP contribution in [0.3, 0.4) is 0 Å². The predicted octanol–water partition coefficient (Wildman–Crippen LogP) is 4.25. The highest BCUT2D eigenvalue weighted by Crippen LogP contribution is 2.28. The fourth-order valence-corrected chi connectivity index (χ4v) is 2.62. The van der Waals surface area contributed by atoms with E-state index in [1.165, 1.54) is 5.56 Å². The van der Waals surface area contributed by atoms with Gasteiger partial charge in [-0.15, -0.1) is 0 Å². The zero-order valence-electron chi connectivity index (χ0n) is 11.9. The van der Waals surface area contributed by atoms with Crippen molar-refractivity contribution in [3.63, 3.8) is 0 Å². The molecule has 0 saturated carbocycles. The van der Waals surface area contributed by atoms with Gasteiger partial charge in [0, 0.05) is 18.5 Å². The first-order chi connectivity index (χ1) is 10.1. The van der Waals surface area contributed by atoms with E-state index in [4.69, 9.17) is 23.2 Å². The lowest BCUT2D eigenvalue weighted by molar-refractivity contribution is 0.239. The van der Waals surface area contributed by atoms with Gasteiger partial charge in [0.1, 0.15) is 0 Å². The maximum absolute atomic E-state index is 9.69. The molecule has 2 atom stereocenters. The van der Waals surface area contributed by atoms with Crippen LogP contribution in [0.2, 0.25) is 10.0 Å². The van der Waals surface area contributed by atoms with E-state index < -0.39 is 0 Å². The van der Waals surface area contributed by atoms with Crippen LogP contribution in [0.1, 0.15) is 24.0 Å². The largest absolute Gasteiger partial charge is 0.396 e. The monoisotopic (exact) mass is 323 g/mol. The van der Waals surface area contributed by atoms with Crippen molar-refractivity contribution in [3.8, 4) is 0 Å². The molecule has 4 heteroatoms. The number of hydrogen-bond donors (Lipinski definition) is 2. The van der Waals surface area contributed by atoms with E-state index in [1.807, 2.05) is 30.3 Å². The van der Waals surface area contributed by atoms with Crippen LogP contribution in [0, 0.1) is 0 Å². The molecule has 0 spiro atoms. The van der Waals surface area contributed by atoms with Crippen LogP contribution in [0.4, 0.5) is 0 Å². The van der Waals surface area contributed by atoms with E-state index in [0.29, 0.717) is 10.0 Å². The third-order valence-electron chi connectivity index (χ3n) is 3.64. The molecule has 0 fully saturated rings. The maximum atomic E-state index is 9.69. The molecule has 2 N–H and O–H groups in total. The van der Waals surface area contributed by atoms with E-state index in [2.05, 4.69) is 24.4 Å². The van der Waals surface area contributed by atoms with Crippen molar-refractivity contribution in [2.45, 2.75) is 25.4 Å². The van der Waals surface area contributed by atoms with E-state index in [0.717, 1.165) is 12.1 Å². The lowest BCUT2D eigenvalue weighted by Gasteiger charge is -2.24. The highest BCUT2D eigenvalue weighted by atomic mass is 35.5. The van der Waals surface area contributed by atoms with E-state index in [-0.39, 0.29) is 18.6 Å². The normalized spacial score (nSPS) is 13.9. The van der Waals surface area contributed by atoms with Gasteiger partial charge in [-0.05, 0) is 30.2 Å². The van der Waals surface area contributed by atoms with Gasteiger partial charge in [-0.3, -0.25) is 0 Å². The molecular weight excluding hydrogens is 305 g/mol. The lowest BCUT2D eigenvalue weighted by Crippen LogP contribution is -2.33. The quantitative estimate of drug-likeness (QED) is 0.833. The first-order valence-electron chi connectivity index (χ1n) is 6.95. The predicted molar refractivity (Wildman–Crippen MR) is 89.0 cm³/mol. The number of hydrogen-bond acceptors (Lipinski definition) is 2. The highest BCUT2D eigenvalue weighted by Gasteiger charge is 2.19. The highest BCUT2D eigenvalue weighted by molar-refractivity contribution is 6.42. The molecule has 0 heterocycles. The van der Waals surface area contributed by atoms with Gasteiger partial charge >= 0.3 is 0 Å². The Balaban J connectivity index is 2.04. The fraction of sp³-hybridized carbons (Fsp3) is 0.294. The average Bonchev–Trinajstić information content (AvgIpc) is 2.50. The van der Waals surface area contributed by atoms with Crippen LogP contribution in [0.25, 0.3) is 0 Å². The summed E-state index contributed by atoms with van der Waals surface area (Å²) in [7, 11) is 0. The van der Waals surface area contributed by atoms with Gasteiger partial charge < -0.3 is 10.4 Å². The molecule has 0 bridgehead atoms. The summed E-state index contributed by atoms with van der Waals surface area (Å²) >= 11 is 12.0.